The van der Waals surface area contributed by atoms with Crippen LogP contribution in [0.15, 0.2) is 86.6 Å². The Kier molecular flexibility index (Phi) is 7.03. The molecule has 0 saturated heterocycles. The molecule has 0 bridgehead atoms. The van der Waals surface area contributed by atoms with Crippen LogP contribution in [-0.4, -0.2) is 31.0 Å². The number of hydrogen-bond acceptors (Lipinski definition) is 8. The first-order valence-electron chi connectivity index (χ1n) is 12.5. The Bertz CT molecular complexity index is 1840. The first kappa shape index (κ1) is 26.1. The minimum Gasteiger partial charge on any atom is -0.497 e. The van der Waals surface area contributed by atoms with Crippen molar-refractivity contribution < 1.29 is 23.7 Å². The summed E-state index contributed by atoms with van der Waals surface area (Å²) >= 11 is 4.82. The lowest BCUT2D eigenvalue weighted by molar-refractivity contribution is -0.138. The third-order valence-corrected chi connectivity index (χ3v) is 8.28. The number of methoxy groups -OCH3 is 1. The quantitative estimate of drug-likeness (QED) is 0.297. The van der Waals surface area contributed by atoms with Crippen molar-refractivity contribution in [2.24, 2.45) is 4.99 Å². The fourth-order valence-electron chi connectivity index (χ4n) is 4.74. The molecule has 202 valence electrons. The van der Waals surface area contributed by atoms with E-state index in [4.69, 9.17) is 23.9 Å². The van der Waals surface area contributed by atoms with Crippen molar-refractivity contribution in [1.29, 1.82) is 0 Å². The van der Waals surface area contributed by atoms with Crippen LogP contribution in [0.3, 0.4) is 0 Å². The van der Waals surface area contributed by atoms with Gasteiger partial charge in [-0.3, -0.25) is 9.36 Å². The van der Waals surface area contributed by atoms with E-state index >= 15 is 0 Å². The van der Waals surface area contributed by atoms with E-state index in [0.717, 1.165) is 15.6 Å². The van der Waals surface area contributed by atoms with Crippen molar-refractivity contribution >= 4 is 45.0 Å². The maximum Gasteiger partial charge on any atom is 0.338 e. The molecule has 8 nitrogen and oxygen atoms in total. The van der Waals surface area contributed by atoms with E-state index < -0.39 is 12.0 Å². The zero-order valence-corrected chi connectivity index (χ0v) is 24.0. The van der Waals surface area contributed by atoms with Gasteiger partial charge in [0.2, 0.25) is 6.79 Å². The monoisotopic (exact) mass is 618 g/mol. The molecule has 1 aromatic heterocycles. The number of hydrogen-bond donors (Lipinski definition) is 0. The lowest BCUT2D eigenvalue weighted by atomic mass is 9.93. The molecular formula is C30H23BrN2O6S. The summed E-state index contributed by atoms with van der Waals surface area (Å²) in [5, 5.41) is 0. The minimum atomic E-state index is -0.809. The number of nitrogens with zero attached hydrogens (tertiary/aromatic N) is 2. The summed E-state index contributed by atoms with van der Waals surface area (Å²) in [6, 6.07) is 19.6. The third-order valence-electron chi connectivity index (χ3n) is 6.58. The number of carbonyl (C=O) groups excluding carboxylic acids is 1. The van der Waals surface area contributed by atoms with Crippen LogP contribution in [0.5, 0.6) is 17.2 Å². The average molecular weight is 619 g/mol. The van der Waals surface area contributed by atoms with Crippen LogP contribution in [-0.2, 0) is 9.53 Å². The Morgan fingerprint density at radius 1 is 1.12 bits per heavy atom. The van der Waals surface area contributed by atoms with Gasteiger partial charge in [-0.15, -0.1) is 0 Å². The molecule has 2 aliphatic rings. The van der Waals surface area contributed by atoms with E-state index in [1.807, 2.05) is 54.6 Å². The molecule has 0 saturated carbocycles. The molecule has 0 N–H and O–H groups in total. The zero-order chi connectivity index (χ0) is 27.8. The fraction of sp³-hybridized carbons (Fsp3) is 0.167. The fourth-order valence-corrected chi connectivity index (χ4v) is 6.09. The summed E-state index contributed by atoms with van der Waals surface area (Å²) in [5.41, 5.74) is 2.63. The largest absolute Gasteiger partial charge is 0.497 e. The molecule has 1 unspecified atom stereocenters. The molecule has 2 aliphatic heterocycles. The molecule has 40 heavy (non-hydrogen) atoms. The van der Waals surface area contributed by atoms with E-state index in [2.05, 4.69) is 15.9 Å². The normalized spacial score (nSPS) is 16.0. The molecule has 4 aromatic rings. The van der Waals surface area contributed by atoms with Crippen molar-refractivity contribution in [2.75, 3.05) is 20.5 Å². The van der Waals surface area contributed by atoms with Gasteiger partial charge in [-0.25, -0.2) is 9.79 Å². The van der Waals surface area contributed by atoms with Crippen LogP contribution >= 0.6 is 27.3 Å². The first-order chi connectivity index (χ1) is 19.5. The summed E-state index contributed by atoms with van der Waals surface area (Å²) in [6.45, 7) is 2.02. The average Bonchev–Trinajstić information content (AvgIpc) is 3.57. The summed E-state index contributed by atoms with van der Waals surface area (Å²) in [6.07, 6.45) is 1.80. The van der Waals surface area contributed by atoms with E-state index in [1.54, 1.807) is 36.8 Å². The van der Waals surface area contributed by atoms with E-state index in [9.17, 15) is 9.59 Å². The second-order valence-electron chi connectivity index (χ2n) is 8.93. The summed E-state index contributed by atoms with van der Waals surface area (Å²) < 4.78 is 24.9. The summed E-state index contributed by atoms with van der Waals surface area (Å²) in [7, 11) is 1.59. The second-order valence-corrected chi connectivity index (χ2v) is 10.8. The lowest BCUT2D eigenvalue weighted by Gasteiger charge is -2.26. The van der Waals surface area contributed by atoms with Crippen molar-refractivity contribution in [2.45, 2.75) is 13.0 Å². The Hall–Kier alpha value is -4.15. The number of aromatic nitrogens is 1. The standard InChI is InChI=1S/C30H23BrN2O6S/c1-3-37-29(35)25-26(17-7-5-4-6-8-17)32-30-33(27(25)18-9-12-22-23(14-18)39-16-38-22)28(34)24(40-30)15-19-13-20(36-2)10-11-21(19)31/h4-15,27H,3,16H2,1-2H3. The number of halogens is 1. The van der Waals surface area contributed by atoms with Gasteiger partial charge in [-0.1, -0.05) is 63.7 Å². The Morgan fingerprint density at radius 3 is 2.70 bits per heavy atom. The predicted molar refractivity (Wildman–Crippen MR) is 154 cm³/mol. The topological polar surface area (TPSA) is 88.4 Å². The zero-order valence-electron chi connectivity index (χ0n) is 21.5. The molecule has 1 atom stereocenters. The summed E-state index contributed by atoms with van der Waals surface area (Å²) in [5.74, 6) is 1.26. The number of carbonyl (C=O) groups is 1. The maximum atomic E-state index is 14.1. The number of esters is 1. The second kappa shape index (κ2) is 10.8. The Balaban J connectivity index is 1.65. The van der Waals surface area contributed by atoms with Crippen molar-refractivity contribution in [3.63, 3.8) is 0 Å². The van der Waals surface area contributed by atoms with Crippen molar-refractivity contribution in [3.8, 4) is 17.2 Å². The molecule has 10 heteroatoms. The van der Waals surface area contributed by atoms with Gasteiger partial charge in [0.15, 0.2) is 16.3 Å². The highest BCUT2D eigenvalue weighted by Gasteiger charge is 2.36. The first-order valence-corrected chi connectivity index (χ1v) is 14.1. The smallest absolute Gasteiger partial charge is 0.338 e. The third kappa shape index (κ3) is 4.63. The minimum absolute atomic E-state index is 0.104. The van der Waals surface area contributed by atoms with Gasteiger partial charge in [-0.05, 0) is 54.5 Å². The molecule has 0 spiro atoms. The van der Waals surface area contributed by atoms with E-state index in [1.165, 1.54) is 11.3 Å². The van der Waals surface area contributed by atoms with Crippen molar-refractivity contribution in [3.05, 3.63) is 113 Å². The Morgan fingerprint density at radius 2 is 1.93 bits per heavy atom. The SMILES string of the molecule is CCOC(=O)C1=C(c2ccccc2)N=c2sc(=Cc3cc(OC)ccc3Br)c(=O)n2C1c1ccc2c(c1)OCO2. The molecule has 0 aliphatic carbocycles. The van der Waals surface area contributed by atoms with Crippen LogP contribution in [0.25, 0.3) is 11.8 Å². The lowest BCUT2D eigenvalue weighted by Crippen LogP contribution is -2.40. The van der Waals surface area contributed by atoms with Crippen LogP contribution in [0.2, 0.25) is 0 Å². The highest BCUT2D eigenvalue weighted by Crippen LogP contribution is 2.40. The van der Waals surface area contributed by atoms with Crippen LogP contribution in [0.4, 0.5) is 0 Å². The molecule has 6 rings (SSSR count). The highest BCUT2D eigenvalue weighted by molar-refractivity contribution is 9.10. The molecule has 0 radical (unpaired) electrons. The maximum absolute atomic E-state index is 14.1. The number of ether oxygens (including phenoxy) is 4. The number of thiazole rings is 1. The molecule has 3 aromatic carbocycles. The summed E-state index contributed by atoms with van der Waals surface area (Å²) in [4.78, 5) is 33.0. The van der Waals surface area contributed by atoms with Crippen molar-refractivity contribution in [1.82, 2.24) is 4.57 Å². The van der Waals surface area contributed by atoms with Gasteiger partial charge in [-0.2, -0.15) is 0 Å². The number of fused-ring (bicyclic) bond motifs is 2. The van der Waals surface area contributed by atoms with Crippen LogP contribution < -0.4 is 29.1 Å². The van der Waals surface area contributed by atoms with Gasteiger partial charge >= 0.3 is 5.97 Å². The number of benzene rings is 3. The molecular weight excluding hydrogens is 596 g/mol. The van der Waals surface area contributed by atoms with Gasteiger partial charge in [0.1, 0.15) is 5.75 Å². The number of rotatable bonds is 6. The molecule has 0 fully saturated rings. The van der Waals surface area contributed by atoms with Gasteiger partial charge in [0, 0.05) is 10.0 Å². The van der Waals surface area contributed by atoms with Crippen LogP contribution in [0.1, 0.15) is 29.7 Å². The van der Waals surface area contributed by atoms with E-state index in [0.29, 0.717) is 37.8 Å². The van der Waals surface area contributed by atoms with E-state index in [-0.39, 0.29) is 24.5 Å². The van der Waals surface area contributed by atoms with Gasteiger partial charge in [0.05, 0.1) is 35.6 Å². The Labute approximate surface area is 241 Å². The predicted octanol–water partition coefficient (Wildman–Crippen LogP) is 4.44. The van der Waals surface area contributed by atoms with Gasteiger partial charge in [0.25, 0.3) is 5.56 Å². The van der Waals surface area contributed by atoms with Gasteiger partial charge < -0.3 is 18.9 Å². The highest BCUT2D eigenvalue weighted by atomic mass is 79.9. The molecule has 0 amide bonds. The molecule has 3 heterocycles. The van der Waals surface area contributed by atoms with Crippen LogP contribution in [0, 0.1) is 0 Å².